The van der Waals surface area contributed by atoms with Crippen molar-refractivity contribution in [1.29, 1.82) is 0 Å². The van der Waals surface area contributed by atoms with Crippen LogP contribution in [-0.4, -0.2) is 43.8 Å². The van der Waals surface area contributed by atoms with Crippen LogP contribution in [0.3, 0.4) is 0 Å². The van der Waals surface area contributed by atoms with E-state index in [1.807, 2.05) is 45.0 Å². The molecule has 1 fully saturated rings. The average molecular weight is 596 g/mol. The van der Waals surface area contributed by atoms with Gasteiger partial charge in [0.15, 0.2) is 0 Å². The monoisotopic (exact) mass is 595 g/mol. The summed E-state index contributed by atoms with van der Waals surface area (Å²) < 4.78 is 29.0. The lowest BCUT2D eigenvalue weighted by molar-refractivity contribution is -0.139. The summed E-state index contributed by atoms with van der Waals surface area (Å²) in [5.41, 5.74) is 3.89. The van der Waals surface area contributed by atoms with E-state index in [0.29, 0.717) is 5.02 Å². The van der Waals surface area contributed by atoms with Gasteiger partial charge in [-0.2, -0.15) is 0 Å². The van der Waals surface area contributed by atoms with Crippen molar-refractivity contribution in [3.8, 4) is 0 Å². The first-order valence-corrected chi connectivity index (χ1v) is 15.8. The Bertz CT molecular complexity index is 1480. The third-order valence-corrected chi connectivity index (χ3v) is 9.87. The minimum Gasteiger partial charge on any atom is -0.352 e. The third-order valence-electron chi connectivity index (χ3n) is 7.67. The van der Waals surface area contributed by atoms with Gasteiger partial charge in [-0.15, -0.1) is 0 Å². The largest absolute Gasteiger partial charge is 0.352 e. The Hall–Kier alpha value is -3.36. The van der Waals surface area contributed by atoms with Crippen LogP contribution >= 0.6 is 11.6 Å². The van der Waals surface area contributed by atoms with Crippen LogP contribution < -0.4 is 9.62 Å². The zero-order valence-corrected chi connectivity index (χ0v) is 25.6. The van der Waals surface area contributed by atoms with Crippen molar-refractivity contribution in [3.63, 3.8) is 0 Å². The molecule has 0 saturated heterocycles. The number of benzene rings is 3. The Labute approximate surface area is 248 Å². The number of hydrogen-bond acceptors (Lipinski definition) is 4. The molecule has 7 nitrogen and oxygen atoms in total. The number of rotatable bonds is 10. The predicted octanol–water partition coefficient (Wildman–Crippen LogP) is 5.94. The van der Waals surface area contributed by atoms with E-state index >= 15 is 0 Å². The second-order valence-corrected chi connectivity index (χ2v) is 13.2. The zero-order chi connectivity index (χ0) is 29.7. The van der Waals surface area contributed by atoms with Gasteiger partial charge in [0.05, 0.1) is 10.6 Å². The molecule has 0 spiro atoms. The molecule has 1 unspecified atom stereocenters. The van der Waals surface area contributed by atoms with Gasteiger partial charge in [-0.25, -0.2) is 8.42 Å². The van der Waals surface area contributed by atoms with E-state index in [1.54, 1.807) is 37.3 Å². The SMILES string of the molecule is Cc1ccc(CN(C(=O)CN(c2ccc(C)c(Cl)c2)S(=O)(=O)c2ccc(C)cc2)C(C)C(=O)NC2CCCC2)cc1. The first-order chi connectivity index (χ1) is 19.5. The van der Waals surface area contributed by atoms with Gasteiger partial charge in [0, 0.05) is 17.6 Å². The smallest absolute Gasteiger partial charge is 0.264 e. The van der Waals surface area contributed by atoms with Crippen LogP contribution in [0.25, 0.3) is 0 Å². The standard InChI is InChI=1S/C32H38ClN3O4S/c1-22-9-14-26(15-10-22)20-35(25(4)32(38)34-27-7-5-6-8-27)31(37)21-36(28-16-13-24(3)30(33)19-28)41(39,40)29-17-11-23(2)12-18-29/h9-19,25,27H,5-8,20-21H2,1-4H3,(H,34,38). The van der Waals surface area contributed by atoms with E-state index in [-0.39, 0.29) is 29.1 Å². The number of sulfonamides is 1. The maximum Gasteiger partial charge on any atom is 0.264 e. The molecule has 0 aromatic heterocycles. The van der Waals surface area contributed by atoms with E-state index < -0.39 is 28.5 Å². The van der Waals surface area contributed by atoms with Crippen molar-refractivity contribution in [2.45, 2.75) is 76.9 Å². The highest BCUT2D eigenvalue weighted by molar-refractivity contribution is 7.92. The topological polar surface area (TPSA) is 86.8 Å². The number of carbonyl (C=O) groups is 2. The molecule has 218 valence electrons. The summed E-state index contributed by atoms with van der Waals surface area (Å²) in [4.78, 5) is 28.9. The normalized spacial score (nSPS) is 14.5. The Kier molecular flexibility index (Phi) is 9.76. The Morgan fingerprint density at radius 2 is 1.51 bits per heavy atom. The van der Waals surface area contributed by atoms with Gasteiger partial charge >= 0.3 is 0 Å². The van der Waals surface area contributed by atoms with E-state index in [9.17, 15) is 18.0 Å². The molecule has 0 heterocycles. The molecule has 0 bridgehead atoms. The van der Waals surface area contributed by atoms with Crippen molar-refractivity contribution in [3.05, 3.63) is 94.0 Å². The van der Waals surface area contributed by atoms with Crippen LogP contribution in [0.5, 0.6) is 0 Å². The van der Waals surface area contributed by atoms with Gasteiger partial charge in [0.1, 0.15) is 12.6 Å². The molecule has 1 aliphatic carbocycles. The van der Waals surface area contributed by atoms with Gasteiger partial charge in [-0.3, -0.25) is 13.9 Å². The molecule has 3 aromatic rings. The summed E-state index contributed by atoms with van der Waals surface area (Å²) in [6.45, 7) is 7.03. The molecule has 1 atom stereocenters. The number of nitrogens with one attached hydrogen (secondary N) is 1. The van der Waals surface area contributed by atoms with Crippen LogP contribution in [0.1, 0.15) is 54.9 Å². The van der Waals surface area contributed by atoms with Gasteiger partial charge < -0.3 is 10.2 Å². The van der Waals surface area contributed by atoms with Crippen LogP contribution in [0.15, 0.2) is 71.6 Å². The molecule has 1 N–H and O–H groups in total. The Morgan fingerprint density at radius 1 is 0.927 bits per heavy atom. The number of halogens is 1. The predicted molar refractivity (Wildman–Crippen MR) is 163 cm³/mol. The van der Waals surface area contributed by atoms with Crippen molar-refractivity contribution < 1.29 is 18.0 Å². The summed E-state index contributed by atoms with van der Waals surface area (Å²) in [5, 5.41) is 3.48. The molecular formula is C32H38ClN3O4S. The highest BCUT2D eigenvalue weighted by atomic mass is 35.5. The van der Waals surface area contributed by atoms with Crippen molar-refractivity contribution >= 4 is 39.1 Å². The maximum absolute atomic E-state index is 14.1. The number of aryl methyl sites for hydroxylation is 3. The first kappa shape index (κ1) is 30.6. The van der Waals surface area contributed by atoms with E-state index in [4.69, 9.17) is 11.6 Å². The quantitative estimate of drug-likeness (QED) is 0.314. The zero-order valence-electron chi connectivity index (χ0n) is 24.1. The van der Waals surface area contributed by atoms with E-state index in [1.165, 1.54) is 17.0 Å². The van der Waals surface area contributed by atoms with Crippen molar-refractivity contribution in [2.75, 3.05) is 10.8 Å². The molecule has 4 rings (SSSR count). The summed E-state index contributed by atoms with van der Waals surface area (Å²) in [6, 6.07) is 18.4. The van der Waals surface area contributed by atoms with Crippen LogP contribution in [0.4, 0.5) is 5.69 Å². The van der Waals surface area contributed by atoms with Gasteiger partial charge in [0.2, 0.25) is 11.8 Å². The highest BCUT2D eigenvalue weighted by Crippen LogP contribution is 2.29. The molecule has 2 amide bonds. The molecule has 1 aliphatic rings. The van der Waals surface area contributed by atoms with E-state index in [0.717, 1.165) is 52.2 Å². The number of nitrogens with zero attached hydrogens (tertiary/aromatic N) is 2. The maximum atomic E-state index is 14.1. The molecule has 1 saturated carbocycles. The lowest BCUT2D eigenvalue weighted by atomic mass is 10.1. The van der Waals surface area contributed by atoms with Crippen LogP contribution in [0, 0.1) is 20.8 Å². The fraction of sp³-hybridized carbons (Fsp3) is 0.375. The summed E-state index contributed by atoms with van der Waals surface area (Å²) in [5.74, 6) is -0.740. The lowest BCUT2D eigenvalue weighted by Gasteiger charge is -2.32. The molecule has 0 aliphatic heterocycles. The fourth-order valence-corrected chi connectivity index (χ4v) is 6.55. The van der Waals surface area contributed by atoms with Crippen LogP contribution in [0.2, 0.25) is 5.02 Å². The summed E-state index contributed by atoms with van der Waals surface area (Å²) in [6.07, 6.45) is 3.97. The number of anilines is 1. The van der Waals surface area contributed by atoms with Crippen LogP contribution in [-0.2, 0) is 26.2 Å². The average Bonchev–Trinajstić information content (AvgIpc) is 3.45. The van der Waals surface area contributed by atoms with Gasteiger partial charge in [0.25, 0.3) is 10.0 Å². The molecule has 3 aromatic carbocycles. The second-order valence-electron chi connectivity index (χ2n) is 10.9. The minimum atomic E-state index is -4.15. The van der Waals surface area contributed by atoms with E-state index in [2.05, 4.69) is 5.32 Å². The number of hydrogen-bond donors (Lipinski definition) is 1. The second kappa shape index (κ2) is 13.1. The molecular weight excluding hydrogens is 558 g/mol. The first-order valence-electron chi connectivity index (χ1n) is 14.0. The highest BCUT2D eigenvalue weighted by Gasteiger charge is 2.33. The lowest BCUT2D eigenvalue weighted by Crippen LogP contribution is -2.52. The van der Waals surface area contributed by atoms with Gasteiger partial charge in [-0.1, -0.05) is 78.0 Å². The van der Waals surface area contributed by atoms with Gasteiger partial charge in [-0.05, 0) is 75.9 Å². The number of amides is 2. The summed E-state index contributed by atoms with van der Waals surface area (Å²) in [7, 11) is -4.15. The summed E-state index contributed by atoms with van der Waals surface area (Å²) >= 11 is 6.40. The molecule has 0 radical (unpaired) electrons. The van der Waals surface area contributed by atoms with Crippen molar-refractivity contribution in [1.82, 2.24) is 10.2 Å². The third kappa shape index (κ3) is 7.49. The molecule has 9 heteroatoms. The Morgan fingerprint density at radius 3 is 2.10 bits per heavy atom. The van der Waals surface area contributed by atoms with Crippen molar-refractivity contribution in [2.24, 2.45) is 0 Å². The Balaban J connectivity index is 1.70. The fourth-order valence-electron chi connectivity index (χ4n) is 4.97. The molecule has 41 heavy (non-hydrogen) atoms. The number of carbonyl (C=O) groups excluding carboxylic acids is 2. The minimum absolute atomic E-state index is 0.0599.